The Labute approximate surface area is 146 Å². The molecule has 0 saturated heterocycles. The van der Waals surface area contributed by atoms with Gasteiger partial charge in [0.1, 0.15) is 5.78 Å². The highest BCUT2D eigenvalue weighted by Crippen LogP contribution is 2.24. The van der Waals surface area contributed by atoms with Crippen molar-refractivity contribution in [3.63, 3.8) is 0 Å². The summed E-state index contributed by atoms with van der Waals surface area (Å²) in [5.74, 6) is 0.214. The molecular weight excluding hydrogens is 328 g/mol. The summed E-state index contributed by atoms with van der Waals surface area (Å²) in [7, 11) is 0. The average Bonchev–Trinajstić information content (AvgIpc) is 2.93. The SMILES string of the molecule is CCOC(=S)SC(CCC(C)=O)CCn1cnc2ccccc21. The van der Waals surface area contributed by atoms with Gasteiger partial charge in [-0.15, -0.1) is 0 Å². The Morgan fingerprint density at radius 2 is 2.17 bits per heavy atom. The van der Waals surface area contributed by atoms with E-state index >= 15 is 0 Å². The van der Waals surface area contributed by atoms with E-state index in [1.54, 1.807) is 18.7 Å². The zero-order valence-electron chi connectivity index (χ0n) is 13.5. The van der Waals surface area contributed by atoms with Gasteiger partial charge < -0.3 is 14.1 Å². The number of ether oxygens (including phenoxy) is 1. The highest BCUT2D eigenvalue weighted by molar-refractivity contribution is 8.23. The average molecular weight is 351 g/mol. The van der Waals surface area contributed by atoms with Gasteiger partial charge in [-0.2, -0.15) is 0 Å². The molecule has 2 rings (SSSR count). The molecule has 0 spiro atoms. The van der Waals surface area contributed by atoms with Gasteiger partial charge in [0.15, 0.2) is 0 Å². The molecular formula is C17H22N2O2S2. The van der Waals surface area contributed by atoms with E-state index in [1.807, 2.05) is 31.5 Å². The highest BCUT2D eigenvalue weighted by Gasteiger charge is 2.15. The van der Waals surface area contributed by atoms with E-state index < -0.39 is 0 Å². The topological polar surface area (TPSA) is 44.1 Å². The number of thioether (sulfide) groups is 1. The second kappa shape index (κ2) is 9.03. The van der Waals surface area contributed by atoms with Gasteiger partial charge in [0.25, 0.3) is 0 Å². The van der Waals surface area contributed by atoms with Gasteiger partial charge in [-0.05, 0) is 51.0 Å². The summed E-state index contributed by atoms with van der Waals surface area (Å²) in [6.07, 6.45) is 4.20. The van der Waals surface area contributed by atoms with Crippen molar-refractivity contribution < 1.29 is 9.53 Å². The van der Waals surface area contributed by atoms with Crippen molar-refractivity contribution >= 4 is 45.2 Å². The molecule has 6 heteroatoms. The molecule has 1 atom stereocenters. The van der Waals surface area contributed by atoms with Crippen molar-refractivity contribution in [3.8, 4) is 0 Å². The number of thiocarbonyl (C=S) groups is 1. The van der Waals surface area contributed by atoms with Crippen molar-refractivity contribution in [1.82, 2.24) is 9.55 Å². The molecule has 4 nitrogen and oxygen atoms in total. The lowest BCUT2D eigenvalue weighted by Crippen LogP contribution is -2.13. The molecule has 0 fully saturated rings. The maximum Gasteiger partial charge on any atom is 0.220 e. The van der Waals surface area contributed by atoms with Gasteiger partial charge in [0, 0.05) is 18.2 Å². The predicted octanol–water partition coefficient (Wildman–Crippen LogP) is 4.22. The van der Waals surface area contributed by atoms with Gasteiger partial charge in [0.05, 0.1) is 24.0 Å². The smallest absolute Gasteiger partial charge is 0.220 e. The number of carbonyl (C=O) groups is 1. The Balaban J connectivity index is 1.98. The van der Waals surface area contributed by atoms with Crippen LogP contribution in [0.5, 0.6) is 0 Å². The first kappa shape index (κ1) is 17.9. The van der Waals surface area contributed by atoms with Crippen molar-refractivity contribution in [2.75, 3.05) is 6.61 Å². The number of para-hydroxylation sites is 2. The number of hydrogen-bond acceptors (Lipinski definition) is 5. The number of fused-ring (bicyclic) bond motifs is 1. The van der Waals surface area contributed by atoms with E-state index in [9.17, 15) is 4.79 Å². The Morgan fingerprint density at radius 1 is 1.39 bits per heavy atom. The number of imidazole rings is 1. The summed E-state index contributed by atoms with van der Waals surface area (Å²) in [6, 6.07) is 8.10. The lowest BCUT2D eigenvalue weighted by Gasteiger charge is -2.17. The van der Waals surface area contributed by atoms with Crippen LogP contribution in [-0.2, 0) is 16.1 Å². The molecule has 2 aromatic rings. The van der Waals surface area contributed by atoms with E-state index in [2.05, 4.69) is 15.6 Å². The number of benzene rings is 1. The van der Waals surface area contributed by atoms with Crippen LogP contribution in [0.4, 0.5) is 0 Å². The first-order valence-electron chi connectivity index (χ1n) is 7.83. The van der Waals surface area contributed by atoms with E-state index in [1.165, 1.54) is 0 Å². The molecule has 0 N–H and O–H groups in total. The standard InChI is InChI=1S/C17H22N2O2S2/c1-3-21-17(22)23-14(9-8-13(2)20)10-11-19-12-18-15-6-4-5-7-16(15)19/h4-7,12,14H,3,8-11H2,1-2H3. The number of carbonyl (C=O) groups excluding carboxylic acids is 1. The summed E-state index contributed by atoms with van der Waals surface area (Å²) >= 11 is 6.80. The van der Waals surface area contributed by atoms with Crippen LogP contribution in [0.3, 0.4) is 0 Å². The Morgan fingerprint density at radius 3 is 2.91 bits per heavy atom. The Kier molecular flexibility index (Phi) is 7.05. The van der Waals surface area contributed by atoms with Crippen LogP contribution < -0.4 is 0 Å². The van der Waals surface area contributed by atoms with Gasteiger partial charge in [-0.25, -0.2) is 4.98 Å². The van der Waals surface area contributed by atoms with Gasteiger partial charge in [-0.1, -0.05) is 23.9 Å². The fraction of sp³-hybridized carbons (Fsp3) is 0.471. The van der Waals surface area contributed by atoms with Crippen LogP contribution in [0.2, 0.25) is 0 Å². The monoisotopic (exact) mass is 350 g/mol. The second-order valence-corrected chi connectivity index (χ2v) is 7.28. The zero-order valence-corrected chi connectivity index (χ0v) is 15.2. The van der Waals surface area contributed by atoms with Crippen LogP contribution in [-0.4, -0.2) is 31.6 Å². The van der Waals surface area contributed by atoms with Crippen LogP contribution >= 0.6 is 24.0 Å². The first-order chi connectivity index (χ1) is 11.1. The highest BCUT2D eigenvalue weighted by atomic mass is 32.2. The van der Waals surface area contributed by atoms with E-state index in [4.69, 9.17) is 17.0 Å². The Bertz CT molecular complexity index is 669. The van der Waals surface area contributed by atoms with Gasteiger partial charge in [-0.3, -0.25) is 0 Å². The lowest BCUT2D eigenvalue weighted by molar-refractivity contribution is -0.117. The minimum atomic E-state index is 0.214. The molecule has 0 bridgehead atoms. The number of rotatable bonds is 8. The lowest BCUT2D eigenvalue weighted by atomic mass is 10.1. The minimum Gasteiger partial charge on any atom is -0.479 e. The largest absolute Gasteiger partial charge is 0.479 e. The molecule has 1 heterocycles. The number of ketones is 1. The zero-order chi connectivity index (χ0) is 16.7. The molecule has 0 amide bonds. The van der Waals surface area contributed by atoms with Crippen molar-refractivity contribution in [2.45, 2.75) is 44.9 Å². The number of hydrogen-bond donors (Lipinski definition) is 0. The third-order valence-electron chi connectivity index (χ3n) is 3.56. The minimum absolute atomic E-state index is 0.214. The normalized spacial score (nSPS) is 12.3. The Hall–Kier alpha value is -1.40. The van der Waals surface area contributed by atoms with Crippen LogP contribution in [0.15, 0.2) is 30.6 Å². The number of aromatic nitrogens is 2. The third-order valence-corrected chi connectivity index (χ3v) is 5.08. The first-order valence-corrected chi connectivity index (χ1v) is 9.11. The van der Waals surface area contributed by atoms with Gasteiger partial charge in [0.2, 0.25) is 4.38 Å². The van der Waals surface area contributed by atoms with Gasteiger partial charge >= 0.3 is 0 Å². The number of nitrogens with zero attached hydrogens (tertiary/aromatic N) is 2. The quantitative estimate of drug-likeness (QED) is 0.667. The molecule has 1 unspecified atom stereocenters. The summed E-state index contributed by atoms with van der Waals surface area (Å²) < 4.78 is 8.10. The van der Waals surface area contributed by atoms with Crippen molar-refractivity contribution in [2.24, 2.45) is 0 Å². The molecule has 0 aliphatic heterocycles. The summed E-state index contributed by atoms with van der Waals surface area (Å²) in [6.45, 7) is 4.99. The molecule has 1 aromatic carbocycles. The molecule has 1 aromatic heterocycles. The molecule has 0 aliphatic rings. The van der Waals surface area contributed by atoms with Crippen molar-refractivity contribution in [1.29, 1.82) is 0 Å². The fourth-order valence-electron chi connectivity index (χ4n) is 2.39. The fourth-order valence-corrected chi connectivity index (χ4v) is 3.83. The number of aryl methyl sites for hydroxylation is 1. The molecule has 0 saturated carbocycles. The van der Waals surface area contributed by atoms with Crippen LogP contribution in [0, 0.1) is 0 Å². The summed E-state index contributed by atoms with van der Waals surface area (Å²) in [5.41, 5.74) is 2.14. The van der Waals surface area contributed by atoms with Crippen molar-refractivity contribution in [3.05, 3.63) is 30.6 Å². The van der Waals surface area contributed by atoms with E-state index in [0.717, 1.165) is 30.4 Å². The third kappa shape index (κ3) is 5.62. The summed E-state index contributed by atoms with van der Waals surface area (Å²) in [5, 5.41) is 0.277. The predicted molar refractivity (Wildman–Crippen MR) is 99.9 cm³/mol. The molecule has 124 valence electrons. The molecule has 0 aliphatic carbocycles. The van der Waals surface area contributed by atoms with Crippen LogP contribution in [0.1, 0.15) is 33.1 Å². The van der Waals surface area contributed by atoms with E-state index in [-0.39, 0.29) is 11.0 Å². The summed E-state index contributed by atoms with van der Waals surface area (Å²) in [4.78, 5) is 15.7. The maximum atomic E-state index is 11.3. The molecule has 0 radical (unpaired) electrons. The van der Waals surface area contributed by atoms with Crippen LogP contribution in [0.25, 0.3) is 11.0 Å². The van der Waals surface area contributed by atoms with E-state index in [0.29, 0.717) is 17.4 Å². The second-order valence-electron chi connectivity index (χ2n) is 5.38. The molecule has 23 heavy (non-hydrogen) atoms. The number of Topliss-reactive ketones (excluding diaryl/α,β-unsaturated/α-hetero) is 1. The maximum absolute atomic E-state index is 11.3.